The second-order valence-corrected chi connectivity index (χ2v) is 11.6. The molecule has 2 saturated heterocycles. The number of likely N-dealkylation sites (tertiary alicyclic amines) is 1. The minimum atomic E-state index is -0.348. The Morgan fingerprint density at radius 2 is 1.17 bits per heavy atom. The van der Waals surface area contributed by atoms with Crippen LogP contribution in [0.1, 0.15) is 50.2 Å². The van der Waals surface area contributed by atoms with Gasteiger partial charge in [0.05, 0.1) is 0 Å². The van der Waals surface area contributed by atoms with E-state index in [2.05, 4.69) is 41.8 Å². The third-order valence-electron chi connectivity index (χ3n) is 9.12. The van der Waals surface area contributed by atoms with Gasteiger partial charge in [-0.25, -0.2) is 0 Å². The molecule has 2 atom stereocenters. The first kappa shape index (κ1) is 28.9. The van der Waals surface area contributed by atoms with Gasteiger partial charge in [-0.05, 0) is 30.5 Å². The largest absolute Gasteiger partial charge is 0.340 e. The number of hydrogen-bond acceptors (Lipinski definition) is 5. The minimum absolute atomic E-state index is 0.0992. The highest BCUT2D eigenvalue weighted by Gasteiger charge is 2.45. The van der Waals surface area contributed by atoms with Crippen molar-refractivity contribution < 1.29 is 14.4 Å². The molecule has 1 amide bonds. The molecule has 5 rings (SSSR count). The van der Waals surface area contributed by atoms with Crippen molar-refractivity contribution >= 4 is 17.5 Å². The number of benzene rings is 3. The van der Waals surface area contributed by atoms with Crippen LogP contribution in [-0.4, -0.2) is 84.5 Å². The molecule has 3 aromatic carbocycles. The number of aryl methyl sites for hydroxylation is 1. The van der Waals surface area contributed by atoms with E-state index in [1.165, 1.54) is 5.56 Å². The van der Waals surface area contributed by atoms with Crippen molar-refractivity contribution in [3.8, 4) is 0 Å². The molecular weight excluding hydrogens is 510 g/mol. The van der Waals surface area contributed by atoms with Crippen LogP contribution in [0.4, 0.5) is 0 Å². The van der Waals surface area contributed by atoms with Crippen LogP contribution in [0.15, 0.2) is 78.9 Å². The molecule has 6 nitrogen and oxygen atoms in total. The van der Waals surface area contributed by atoms with Crippen LogP contribution in [0.25, 0.3) is 0 Å². The molecule has 2 heterocycles. The monoisotopic (exact) mass is 551 g/mol. The summed E-state index contributed by atoms with van der Waals surface area (Å²) < 4.78 is 0. The fraction of sp³-hybridized carbons (Fsp3) is 0.400. The van der Waals surface area contributed by atoms with Gasteiger partial charge in [0, 0.05) is 88.2 Å². The summed E-state index contributed by atoms with van der Waals surface area (Å²) in [4.78, 5) is 46.9. The molecule has 0 spiro atoms. The lowest BCUT2D eigenvalue weighted by atomic mass is 9.67. The van der Waals surface area contributed by atoms with Crippen LogP contribution < -0.4 is 0 Å². The van der Waals surface area contributed by atoms with Crippen molar-refractivity contribution in [3.63, 3.8) is 0 Å². The molecule has 2 fully saturated rings. The number of piperazine rings is 1. The van der Waals surface area contributed by atoms with Crippen molar-refractivity contribution in [2.45, 2.75) is 26.7 Å². The Kier molecular flexibility index (Phi) is 9.11. The number of carbonyl (C=O) groups excluding carboxylic acids is 3. The maximum absolute atomic E-state index is 14.2. The SMILES string of the molecule is CC(=O)N1CCN(CCN2CC(C(=O)c3ccccc3)C(c3cccc(C)c3C)C(C(=O)c3ccccc3)C2)CC1. The van der Waals surface area contributed by atoms with Gasteiger partial charge in [0.15, 0.2) is 11.6 Å². The van der Waals surface area contributed by atoms with E-state index in [1.807, 2.05) is 65.6 Å². The highest BCUT2D eigenvalue weighted by atomic mass is 16.2. The van der Waals surface area contributed by atoms with E-state index in [9.17, 15) is 14.4 Å². The number of hydrogen-bond donors (Lipinski definition) is 0. The average molecular weight is 552 g/mol. The van der Waals surface area contributed by atoms with Crippen molar-refractivity contribution in [1.82, 2.24) is 14.7 Å². The predicted octanol–water partition coefficient (Wildman–Crippen LogP) is 4.86. The van der Waals surface area contributed by atoms with Gasteiger partial charge < -0.3 is 9.80 Å². The topological polar surface area (TPSA) is 60.9 Å². The number of piperidine rings is 1. The van der Waals surface area contributed by atoms with Gasteiger partial charge in [-0.15, -0.1) is 0 Å². The first-order chi connectivity index (χ1) is 19.8. The summed E-state index contributed by atoms with van der Waals surface area (Å²) >= 11 is 0. The summed E-state index contributed by atoms with van der Waals surface area (Å²) in [6.45, 7) is 11.9. The molecule has 41 heavy (non-hydrogen) atoms. The van der Waals surface area contributed by atoms with Crippen LogP contribution in [0.3, 0.4) is 0 Å². The van der Waals surface area contributed by atoms with Crippen LogP contribution in [0, 0.1) is 25.7 Å². The first-order valence-corrected chi connectivity index (χ1v) is 14.8. The smallest absolute Gasteiger partial charge is 0.219 e. The van der Waals surface area contributed by atoms with E-state index >= 15 is 0 Å². The molecule has 3 aromatic rings. The maximum Gasteiger partial charge on any atom is 0.219 e. The van der Waals surface area contributed by atoms with Crippen LogP contribution in [0.2, 0.25) is 0 Å². The number of Topliss-reactive ketones (excluding diaryl/α,β-unsaturated/α-hetero) is 2. The molecule has 0 N–H and O–H groups in total. The zero-order valence-electron chi connectivity index (χ0n) is 24.5. The molecule has 0 bridgehead atoms. The third kappa shape index (κ3) is 6.50. The van der Waals surface area contributed by atoms with E-state index in [0.29, 0.717) is 24.2 Å². The molecule has 0 aromatic heterocycles. The Morgan fingerprint density at radius 3 is 1.68 bits per heavy atom. The van der Waals surface area contributed by atoms with Gasteiger partial charge in [0.1, 0.15) is 0 Å². The average Bonchev–Trinajstić information content (AvgIpc) is 3.01. The molecule has 0 radical (unpaired) electrons. The summed E-state index contributed by atoms with van der Waals surface area (Å²) in [6, 6.07) is 25.3. The molecule has 2 aliphatic rings. The second kappa shape index (κ2) is 12.9. The van der Waals surface area contributed by atoms with Gasteiger partial charge in [-0.2, -0.15) is 0 Å². The molecule has 214 valence electrons. The standard InChI is InChI=1S/C35H41N3O3/c1-25-11-10-16-30(26(25)2)33-31(34(40)28-12-6-4-7-13-28)23-37(18-17-36-19-21-38(22-20-36)27(3)39)24-32(33)35(41)29-14-8-5-9-15-29/h4-16,31-33H,17-24H2,1-3H3. The van der Waals surface area contributed by atoms with Gasteiger partial charge in [-0.3, -0.25) is 19.3 Å². The molecular formula is C35H41N3O3. The lowest BCUT2D eigenvalue weighted by molar-refractivity contribution is -0.130. The number of carbonyl (C=O) groups is 3. The number of ketones is 2. The quantitative estimate of drug-likeness (QED) is 0.374. The molecule has 0 aliphatic carbocycles. The fourth-order valence-electron chi connectivity index (χ4n) is 6.58. The fourth-order valence-corrected chi connectivity index (χ4v) is 6.58. The summed E-state index contributed by atoms with van der Waals surface area (Å²) in [5.74, 6) is -0.588. The van der Waals surface area contributed by atoms with Gasteiger partial charge in [-0.1, -0.05) is 78.9 Å². The Bertz CT molecular complexity index is 1300. The molecule has 2 unspecified atom stereocenters. The van der Waals surface area contributed by atoms with Crippen molar-refractivity contribution in [1.29, 1.82) is 0 Å². The van der Waals surface area contributed by atoms with Gasteiger partial charge >= 0.3 is 0 Å². The van der Waals surface area contributed by atoms with Crippen LogP contribution in [0.5, 0.6) is 0 Å². The predicted molar refractivity (Wildman–Crippen MR) is 162 cm³/mol. The van der Waals surface area contributed by atoms with Crippen LogP contribution >= 0.6 is 0 Å². The Labute approximate surface area is 244 Å². The van der Waals surface area contributed by atoms with E-state index < -0.39 is 0 Å². The second-order valence-electron chi connectivity index (χ2n) is 11.6. The van der Waals surface area contributed by atoms with Crippen molar-refractivity contribution in [2.24, 2.45) is 11.8 Å². The van der Waals surface area contributed by atoms with Gasteiger partial charge in [0.2, 0.25) is 5.91 Å². The Hall–Kier alpha value is -3.61. The number of nitrogens with zero attached hydrogens (tertiary/aromatic N) is 3. The summed E-state index contributed by atoms with van der Waals surface area (Å²) in [5, 5.41) is 0. The normalized spacial score (nSPS) is 21.9. The zero-order valence-corrected chi connectivity index (χ0v) is 24.5. The first-order valence-electron chi connectivity index (χ1n) is 14.8. The highest BCUT2D eigenvalue weighted by molar-refractivity contribution is 6.02. The van der Waals surface area contributed by atoms with Crippen molar-refractivity contribution in [3.05, 3.63) is 107 Å². The zero-order chi connectivity index (χ0) is 28.9. The van der Waals surface area contributed by atoms with E-state index in [1.54, 1.807) is 6.92 Å². The minimum Gasteiger partial charge on any atom is -0.340 e. The van der Waals surface area contributed by atoms with Crippen LogP contribution in [-0.2, 0) is 4.79 Å². The lowest BCUT2D eigenvalue weighted by Gasteiger charge is -2.44. The van der Waals surface area contributed by atoms with Crippen molar-refractivity contribution in [2.75, 3.05) is 52.4 Å². The lowest BCUT2D eigenvalue weighted by Crippen LogP contribution is -2.53. The van der Waals surface area contributed by atoms with E-state index in [-0.39, 0.29) is 35.2 Å². The Morgan fingerprint density at radius 1 is 0.659 bits per heavy atom. The summed E-state index contributed by atoms with van der Waals surface area (Å²) in [6.07, 6.45) is 0. The van der Waals surface area contributed by atoms with E-state index in [4.69, 9.17) is 0 Å². The highest BCUT2D eigenvalue weighted by Crippen LogP contribution is 2.42. The summed E-state index contributed by atoms with van der Waals surface area (Å²) in [5.41, 5.74) is 4.83. The summed E-state index contributed by atoms with van der Waals surface area (Å²) in [7, 11) is 0. The van der Waals surface area contributed by atoms with E-state index in [0.717, 1.165) is 50.4 Å². The molecule has 0 saturated carbocycles. The molecule has 2 aliphatic heterocycles. The molecule has 6 heteroatoms. The maximum atomic E-state index is 14.2. The van der Waals surface area contributed by atoms with Gasteiger partial charge in [0.25, 0.3) is 0 Å². The number of amides is 1. The number of rotatable bonds is 8. The third-order valence-corrected chi connectivity index (χ3v) is 9.12. The Balaban J connectivity index is 1.48.